The number of fused-ring (bicyclic) bond motifs is 1. The van der Waals surface area contributed by atoms with Crippen LogP contribution in [0.1, 0.15) is 46.9 Å². The molecule has 5 heteroatoms. The van der Waals surface area contributed by atoms with E-state index in [9.17, 15) is 9.59 Å². The van der Waals surface area contributed by atoms with Gasteiger partial charge in [-0.05, 0) is 49.6 Å². The molecule has 1 fully saturated rings. The monoisotopic (exact) mass is 321 g/mol. The summed E-state index contributed by atoms with van der Waals surface area (Å²) in [5.74, 6) is -0.112. The molecular weight excluding hydrogens is 302 g/mol. The predicted octanol–water partition coefficient (Wildman–Crippen LogP) is 2.76. The number of aryl methyl sites for hydroxylation is 1. The van der Waals surface area contributed by atoms with Gasteiger partial charge < -0.3 is 5.32 Å². The normalized spacial score (nSPS) is 19.3. The van der Waals surface area contributed by atoms with Crippen molar-refractivity contribution in [2.75, 3.05) is 4.90 Å². The Kier molecular flexibility index (Phi) is 3.56. The first kappa shape index (κ1) is 14.9. The van der Waals surface area contributed by atoms with Crippen molar-refractivity contribution in [1.29, 1.82) is 0 Å². The standard InChI is InChI=1S/C19H19N3O2/c1-12-4-2-5-14(10-12)22-16(11-17(23)21-13-7-8-13)18-15(19(22)24)6-3-9-20-18/h2-6,9-10,13,16H,7-8,11H2,1H3,(H,21,23)/t16-/m1/s1. The Morgan fingerprint density at radius 1 is 1.29 bits per heavy atom. The number of aromatic nitrogens is 1. The van der Waals surface area contributed by atoms with Crippen LogP contribution in [0.5, 0.6) is 0 Å². The quantitative estimate of drug-likeness (QED) is 0.942. The van der Waals surface area contributed by atoms with Gasteiger partial charge in [0.15, 0.2) is 0 Å². The maximum absolute atomic E-state index is 12.9. The summed E-state index contributed by atoms with van der Waals surface area (Å²) in [5, 5.41) is 3.01. The molecule has 2 aliphatic rings. The molecule has 1 atom stereocenters. The summed E-state index contributed by atoms with van der Waals surface area (Å²) in [6.07, 6.45) is 4.01. The molecule has 0 spiro atoms. The van der Waals surface area contributed by atoms with E-state index in [4.69, 9.17) is 0 Å². The number of benzene rings is 1. The van der Waals surface area contributed by atoms with Crippen LogP contribution in [-0.4, -0.2) is 22.8 Å². The Balaban J connectivity index is 1.70. The summed E-state index contributed by atoms with van der Waals surface area (Å²) >= 11 is 0. The molecular formula is C19H19N3O2. The van der Waals surface area contributed by atoms with E-state index in [2.05, 4.69) is 10.3 Å². The Labute approximate surface area is 140 Å². The van der Waals surface area contributed by atoms with Crippen LogP contribution >= 0.6 is 0 Å². The fourth-order valence-corrected chi connectivity index (χ4v) is 3.21. The predicted molar refractivity (Wildman–Crippen MR) is 90.7 cm³/mol. The molecule has 122 valence electrons. The number of pyridine rings is 1. The van der Waals surface area contributed by atoms with E-state index in [1.807, 2.05) is 31.2 Å². The number of anilines is 1. The minimum Gasteiger partial charge on any atom is -0.353 e. The van der Waals surface area contributed by atoms with E-state index in [1.165, 1.54) is 0 Å². The van der Waals surface area contributed by atoms with Gasteiger partial charge in [0.25, 0.3) is 5.91 Å². The van der Waals surface area contributed by atoms with E-state index in [1.54, 1.807) is 23.2 Å². The zero-order chi connectivity index (χ0) is 16.7. The van der Waals surface area contributed by atoms with E-state index in [0.717, 1.165) is 24.1 Å². The molecule has 1 aromatic heterocycles. The fraction of sp³-hybridized carbons (Fsp3) is 0.316. The lowest BCUT2D eigenvalue weighted by atomic mass is 10.1. The molecule has 1 N–H and O–H groups in total. The van der Waals surface area contributed by atoms with Crippen LogP contribution in [0.4, 0.5) is 5.69 Å². The molecule has 2 amide bonds. The first-order valence-corrected chi connectivity index (χ1v) is 8.28. The average Bonchev–Trinajstić information content (AvgIpc) is 3.33. The molecule has 1 aliphatic heterocycles. The molecule has 5 nitrogen and oxygen atoms in total. The highest BCUT2D eigenvalue weighted by Crippen LogP contribution is 2.38. The van der Waals surface area contributed by atoms with Crippen LogP contribution in [0.3, 0.4) is 0 Å². The zero-order valence-corrected chi connectivity index (χ0v) is 13.5. The summed E-state index contributed by atoms with van der Waals surface area (Å²) in [5.41, 5.74) is 3.16. The smallest absolute Gasteiger partial charge is 0.260 e. The lowest BCUT2D eigenvalue weighted by molar-refractivity contribution is -0.121. The van der Waals surface area contributed by atoms with E-state index in [0.29, 0.717) is 17.3 Å². The largest absolute Gasteiger partial charge is 0.353 e. The number of amides is 2. The molecule has 1 saturated carbocycles. The second kappa shape index (κ2) is 5.74. The molecule has 2 heterocycles. The molecule has 0 bridgehead atoms. The van der Waals surface area contributed by atoms with E-state index >= 15 is 0 Å². The van der Waals surface area contributed by atoms with Crippen LogP contribution in [0, 0.1) is 6.92 Å². The third-order valence-corrected chi connectivity index (χ3v) is 4.52. The fourth-order valence-electron chi connectivity index (χ4n) is 3.21. The number of hydrogen-bond acceptors (Lipinski definition) is 3. The molecule has 0 saturated heterocycles. The molecule has 4 rings (SSSR count). The molecule has 0 unspecified atom stereocenters. The molecule has 24 heavy (non-hydrogen) atoms. The summed E-state index contributed by atoms with van der Waals surface area (Å²) in [6, 6.07) is 11.3. The van der Waals surface area contributed by atoms with E-state index in [-0.39, 0.29) is 24.3 Å². The second-order valence-corrected chi connectivity index (χ2v) is 6.51. The van der Waals surface area contributed by atoms with E-state index < -0.39 is 0 Å². The Bertz CT molecular complexity index is 814. The van der Waals surface area contributed by atoms with Crippen molar-refractivity contribution in [3.63, 3.8) is 0 Å². The number of carbonyl (C=O) groups excluding carboxylic acids is 2. The number of hydrogen-bond donors (Lipinski definition) is 1. The summed E-state index contributed by atoms with van der Waals surface area (Å²) < 4.78 is 0. The first-order chi connectivity index (χ1) is 11.6. The van der Waals surface area contributed by atoms with Crippen molar-refractivity contribution in [3.05, 3.63) is 59.4 Å². The van der Waals surface area contributed by atoms with Gasteiger partial charge in [-0.15, -0.1) is 0 Å². The maximum Gasteiger partial charge on any atom is 0.260 e. The number of rotatable bonds is 4. The van der Waals surface area contributed by atoms with Crippen LogP contribution in [0.2, 0.25) is 0 Å². The molecule has 1 aliphatic carbocycles. The third kappa shape index (κ3) is 2.66. The first-order valence-electron chi connectivity index (χ1n) is 8.28. The minimum absolute atomic E-state index is 0.0218. The van der Waals surface area contributed by atoms with Gasteiger partial charge >= 0.3 is 0 Å². The van der Waals surface area contributed by atoms with Gasteiger partial charge in [-0.1, -0.05) is 12.1 Å². The summed E-state index contributed by atoms with van der Waals surface area (Å²) in [4.78, 5) is 31.3. The van der Waals surface area contributed by atoms with Crippen molar-refractivity contribution in [1.82, 2.24) is 10.3 Å². The van der Waals surface area contributed by atoms with Crippen molar-refractivity contribution in [2.45, 2.75) is 38.3 Å². The third-order valence-electron chi connectivity index (χ3n) is 4.52. The Hall–Kier alpha value is -2.69. The van der Waals surface area contributed by atoms with Crippen LogP contribution in [-0.2, 0) is 4.79 Å². The van der Waals surface area contributed by atoms with Crippen molar-refractivity contribution < 1.29 is 9.59 Å². The Morgan fingerprint density at radius 2 is 2.12 bits per heavy atom. The number of nitrogens with one attached hydrogen (secondary N) is 1. The number of nitrogens with zero attached hydrogens (tertiary/aromatic N) is 2. The summed E-state index contributed by atoms with van der Waals surface area (Å²) in [6.45, 7) is 1.99. The lowest BCUT2D eigenvalue weighted by Crippen LogP contribution is -2.33. The number of carbonyl (C=O) groups is 2. The van der Waals surface area contributed by atoms with Gasteiger partial charge in [0.2, 0.25) is 5.91 Å². The van der Waals surface area contributed by atoms with Crippen LogP contribution in [0.15, 0.2) is 42.6 Å². The van der Waals surface area contributed by atoms with Crippen LogP contribution < -0.4 is 10.2 Å². The van der Waals surface area contributed by atoms with Crippen molar-refractivity contribution in [3.8, 4) is 0 Å². The van der Waals surface area contributed by atoms with Gasteiger partial charge in [0.1, 0.15) is 0 Å². The summed E-state index contributed by atoms with van der Waals surface area (Å²) in [7, 11) is 0. The van der Waals surface area contributed by atoms with Crippen LogP contribution in [0.25, 0.3) is 0 Å². The van der Waals surface area contributed by atoms with Gasteiger partial charge in [0.05, 0.1) is 23.7 Å². The van der Waals surface area contributed by atoms with Gasteiger partial charge in [-0.2, -0.15) is 0 Å². The molecule has 2 aromatic rings. The van der Waals surface area contributed by atoms with Gasteiger partial charge in [0, 0.05) is 17.9 Å². The highest BCUT2D eigenvalue weighted by molar-refractivity contribution is 6.11. The van der Waals surface area contributed by atoms with Gasteiger partial charge in [-0.25, -0.2) is 0 Å². The second-order valence-electron chi connectivity index (χ2n) is 6.51. The Morgan fingerprint density at radius 3 is 2.88 bits per heavy atom. The van der Waals surface area contributed by atoms with Gasteiger partial charge in [-0.3, -0.25) is 19.5 Å². The average molecular weight is 321 g/mol. The molecule has 1 aromatic carbocycles. The SMILES string of the molecule is Cc1cccc(N2C(=O)c3cccnc3[C@H]2CC(=O)NC2CC2)c1. The topological polar surface area (TPSA) is 62.3 Å². The van der Waals surface area contributed by atoms with Crippen molar-refractivity contribution in [2.24, 2.45) is 0 Å². The zero-order valence-electron chi connectivity index (χ0n) is 13.5. The maximum atomic E-state index is 12.9. The highest BCUT2D eigenvalue weighted by Gasteiger charge is 2.40. The highest BCUT2D eigenvalue weighted by atomic mass is 16.2. The lowest BCUT2D eigenvalue weighted by Gasteiger charge is -2.25. The minimum atomic E-state index is -0.353. The molecule has 0 radical (unpaired) electrons. The van der Waals surface area contributed by atoms with Crippen molar-refractivity contribution >= 4 is 17.5 Å².